The van der Waals surface area contributed by atoms with Gasteiger partial charge in [-0.2, -0.15) is 0 Å². The highest BCUT2D eigenvalue weighted by molar-refractivity contribution is 6.27. The van der Waals surface area contributed by atoms with Gasteiger partial charge in [0.1, 0.15) is 0 Å². The van der Waals surface area contributed by atoms with E-state index in [4.69, 9.17) is 29.3 Å². The van der Waals surface area contributed by atoms with Crippen LogP contribution in [0.5, 0.6) is 11.5 Å². The topological polar surface area (TPSA) is 143 Å². The summed E-state index contributed by atoms with van der Waals surface area (Å²) in [5, 5.41) is 28.9. The van der Waals surface area contributed by atoms with E-state index in [1.54, 1.807) is 13.2 Å². The van der Waals surface area contributed by atoms with Gasteiger partial charge in [-0.25, -0.2) is 9.59 Å². The van der Waals surface area contributed by atoms with Gasteiger partial charge < -0.3 is 19.7 Å². The maximum absolute atomic E-state index is 11.6. The molecule has 1 aliphatic rings. The molecule has 3 aromatic carbocycles. The number of nitro groups is 1. The second kappa shape index (κ2) is 12.7. The zero-order valence-electron chi connectivity index (χ0n) is 20.6. The second-order valence-electron chi connectivity index (χ2n) is 8.39. The van der Waals surface area contributed by atoms with Gasteiger partial charge in [-0.15, -0.1) is 0 Å². The minimum absolute atomic E-state index is 0.0656. The van der Waals surface area contributed by atoms with Gasteiger partial charge in [0.2, 0.25) is 0 Å². The van der Waals surface area contributed by atoms with E-state index in [0.717, 1.165) is 32.7 Å². The third kappa shape index (κ3) is 7.15. The van der Waals surface area contributed by atoms with Gasteiger partial charge in [-0.05, 0) is 22.4 Å². The number of benzene rings is 3. The standard InChI is InChI=1S/C24H27N3O4.C2H2O4/c1-30-23-14-20(22(27(28)29)15-24(23)31-2)17-26-12-10-25(11-13-26)16-19-8-5-7-18-6-3-4-9-21(18)19;3-1(4)2(5)6/h3-9,14-15H,10-13,16-17H2,1-2H3;(H,3,4)(H,5,6). The first kappa shape index (κ1) is 27.4. The number of carboxylic acid groups (broad SMARTS) is 2. The van der Waals surface area contributed by atoms with Gasteiger partial charge in [0.15, 0.2) is 11.5 Å². The summed E-state index contributed by atoms with van der Waals surface area (Å²) in [5.74, 6) is -2.76. The van der Waals surface area contributed by atoms with Crippen LogP contribution >= 0.6 is 0 Å². The minimum Gasteiger partial charge on any atom is -0.493 e. The fourth-order valence-corrected chi connectivity index (χ4v) is 4.22. The van der Waals surface area contributed by atoms with Gasteiger partial charge in [0.25, 0.3) is 5.69 Å². The van der Waals surface area contributed by atoms with Crippen molar-refractivity contribution in [2.45, 2.75) is 13.1 Å². The highest BCUT2D eigenvalue weighted by Crippen LogP contribution is 2.35. The molecule has 3 aromatic rings. The Bertz CT molecular complexity index is 1250. The van der Waals surface area contributed by atoms with E-state index in [9.17, 15) is 10.1 Å². The summed E-state index contributed by atoms with van der Waals surface area (Å²) in [6, 6.07) is 18.1. The van der Waals surface area contributed by atoms with Crippen LogP contribution in [0.4, 0.5) is 5.69 Å². The monoisotopic (exact) mass is 511 g/mol. The van der Waals surface area contributed by atoms with Crippen LogP contribution in [0.25, 0.3) is 10.8 Å². The molecule has 0 atom stereocenters. The molecular weight excluding hydrogens is 482 g/mol. The van der Waals surface area contributed by atoms with Crippen LogP contribution < -0.4 is 9.47 Å². The molecular formula is C26H29N3O8. The molecule has 0 aromatic heterocycles. The summed E-state index contributed by atoms with van der Waals surface area (Å²) in [6.45, 7) is 4.98. The van der Waals surface area contributed by atoms with E-state index < -0.39 is 11.9 Å². The van der Waals surface area contributed by atoms with Crippen molar-refractivity contribution in [3.05, 3.63) is 75.8 Å². The van der Waals surface area contributed by atoms with Gasteiger partial charge in [0, 0.05) is 44.8 Å². The Balaban J connectivity index is 0.000000568. The zero-order valence-corrected chi connectivity index (χ0v) is 20.6. The van der Waals surface area contributed by atoms with Gasteiger partial charge in [-0.3, -0.25) is 19.9 Å². The smallest absolute Gasteiger partial charge is 0.414 e. The first-order chi connectivity index (χ1) is 17.7. The molecule has 0 unspecified atom stereocenters. The molecule has 1 aliphatic heterocycles. The van der Waals surface area contributed by atoms with Crippen molar-refractivity contribution in [2.24, 2.45) is 0 Å². The number of hydrogen-bond acceptors (Lipinski definition) is 8. The molecule has 1 heterocycles. The molecule has 11 nitrogen and oxygen atoms in total. The summed E-state index contributed by atoms with van der Waals surface area (Å²) in [5.41, 5.74) is 2.04. The van der Waals surface area contributed by atoms with Crippen molar-refractivity contribution in [3.8, 4) is 11.5 Å². The van der Waals surface area contributed by atoms with E-state index in [2.05, 4.69) is 52.3 Å². The number of nitro benzene ring substituents is 1. The lowest BCUT2D eigenvalue weighted by atomic mass is 10.0. The third-order valence-corrected chi connectivity index (χ3v) is 6.10. The largest absolute Gasteiger partial charge is 0.493 e. The normalized spacial score (nSPS) is 13.9. The molecule has 0 aliphatic carbocycles. The molecule has 4 rings (SSSR count). The molecule has 0 radical (unpaired) electrons. The number of carbonyl (C=O) groups is 2. The Labute approximate surface area is 213 Å². The van der Waals surface area contributed by atoms with Crippen LogP contribution in [-0.2, 0) is 22.7 Å². The summed E-state index contributed by atoms with van der Waals surface area (Å²) in [6.07, 6.45) is 0. The molecule has 1 saturated heterocycles. The van der Waals surface area contributed by atoms with Crippen molar-refractivity contribution < 1.29 is 34.2 Å². The maximum Gasteiger partial charge on any atom is 0.414 e. The van der Waals surface area contributed by atoms with E-state index >= 15 is 0 Å². The molecule has 0 bridgehead atoms. The van der Waals surface area contributed by atoms with Crippen LogP contribution in [-0.4, -0.2) is 77.3 Å². The Morgan fingerprint density at radius 1 is 0.838 bits per heavy atom. The van der Waals surface area contributed by atoms with E-state index in [1.807, 2.05) is 0 Å². The van der Waals surface area contributed by atoms with E-state index in [0.29, 0.717) is 23.6 Å². The van der Waals surface area contributed by atoms with Crippen molar-refractivity contribution in [3.63, 3.8) is 0 Å². The summed E-state index contributed by atoms with van der Waals surface area (Å²) in [4.78, 5) is 34.1. The van der Waals surface area contributed by atoms with E-state index in [1.165, 1.54) is 29.5 Å². The summed E-state index contributed by atoms with van der Waals surface area (Å²) >= 11 is 0. The SMILES string of the molecule is COc1cc(CN2CCN(Cc3cccc4ccccc34)CC2)c([N+](=O)[O-])cc1OC.O=C(O)C(=O)O. The number of piperazine rings is 1. The summed E-state index contributed by atoms with van der Waals surface area (Å²) in [7, 11) is 3.02. The van der Waals surface area contributed by atoms with Crippen LogP contribution in [0.15, 0.2) is 54.6 Å². The first-order valence-corrected chi connectivity index (χ1v) is 11.5. The van der Waals surface area contributed by atoms with Gasteiger partial charge in [-0.1, -0.05) is 42.5 Å². The minimum atomic E-state index is -1.82. The maximum atomic E-state index is 11.6. The zero-order chi connectivity index (χ0) is 26.9. The molecule has 1 fully saturated rings. The number of fused-ring (bicyclic) bond motifs is 1. The Kier molecular flexibility index (Phi) is 9.36. The van der Waals surface area contributed by atoms with Crippen LogP contribution in [0.2, 0.25) is 0 Å². The molecule has 0 saturated carbocycles. The molecule has 0 spiro atoms. The van der Waals surface area contributed by atoms with Gasteiger partial charge >= 0.3 is 11.9 Å². The highest BCUT2D eigenvalue weighted by Gasteiger charge is 2.24. The molecule has 0 amide bonds. The molecule has 2 N–H and O–H groups in total. The van der Waals surface area contributed by atoms with Crippen LogP contribution in [0.3, 0.4) is 0 Å². The van der Waals surface area contributed by atoms with E-state index in [-0.39, 0.29) is 10.6 Å². The Morgan fingerprint density at radius 3 is 1.89 bits per heavy atom. The number of aliphatic carboxylic acids is 2. The quantitative estimate of drug-likeness (QED) is 0.276. The lowest BCUT2D eigenvalue weighted by Crippen LogP contribution is -2.45. The fraction of sp³-hybridized carbons (Fsp3) is 0.308. The van der Waals surface area contributed by atoms with Crippen molar-refractivity contribution in [1.29, 1.82) is 0 Å². The summed E-state index contributed by atoms with van der Waals surface area (Å²) < 4.78 is 10.6. The lowest BCUT2D eigenvalue weighted by Gasteiger charge is -2.35. The first-order valence-electron chi connectivity index (χ1n) is 11.5. The lowest BCUT2D eigenvalue weighted by molar-refractivity contribution is -0.385. The predicted molar refractivity (Wildman–Crippen MR) is 136 cm³/mol. The third-order valence-electron chi connectivity index (χ3n) is 6.10. The van der Waals surface area contributed by atoms with Crippen molar-refractivity contribution in [2.75, 3.05) is 40.4 Å². The number of ether oxygens (including phenoxy) is 2. The molecule has 11 heteroatoms. The average molecular weight is 512 g/mol. The number of nitrogens with zero attached hydrogens (tertiary/aromatic N) is 3. The van der Waals surface area contributed by atoms with Gasteiger partial charge in [0.05, 0.1) is 25.2 Å². The van der Waals surface area contributed by atoms with Crippen molar-refractivity contribution >= 4 is 28.4 Å². The number of hydrogen-bond donors (Lipinski definition) is 2. The predicted octanol–water partition coefficient (Wildman–Crippen LogP) is 3.24. The van der Waals surface area contributed by atoms with Crippen molar-refractivity contribution in [1.82, 2.24) is 9.80 Å². The Hall–Kier alpha value is -4.22. The molecule has 196 valence electrons. The number of methoxy groups -OCH3 is 2. The van der Waals surface area contributed by atoms with Crippen LogP contribution in [0, 0.1) is 10.1 Å². The Morgan fingerprint density at radius 2 is 1.35 bits per heavy atom. The van der Waals surface area contributed by atoms with Crippen LogP contribution in [0.1, 0.15) is 11.1 Å². The highest BCUT2D eigenvalue weighted by atomic mass is 16.6. The average Bonchev–Trinajstić information content (AvgIpc) is 2.90. The number of carboxylic acids is 2. The molecule has 37 heavy (non-hydrogen) atoms. The number of rotatable bonds is 7. The fourth-order valence-electron chi connectivity index (χ4n) is 4.22. The second-order valence-corrected chi connectivity index (χ2v) is 8.39.